The first-order chi connectivity index (χ1) is 10.1. The highest BCUT2D eigenvalue weighted by molar-refractivity contribution is 6.30. The summed E-state index contributed by atoms with van der Waals surface area (Å²) in [7, 11) is 0. The van der Waals surface area contributed by atoms with Gasteiger partial charge in [-0.1, -0.05) is 54.1 Å². The minimum atomic E-state index is -0.804. The van der Waals surface area contributed by atoms with Crippen LogP contribution >= 0.6 is 11.6 Å². The Hall–Kier alpha value is -2.29. The molecular formula is C18H15ClN2. The van der Waals surface area contributed by atoms with E-state index in [0.29, 0.717) is 5.02 Å². The van der Waals surface area contributed by atoms with Gasteiger partial charge in [-0.05, 0) is 30.2 Å². The number of hydrogen-bond acceptors (Lipinski definition) is 2. The first-order valence-electron chi connectivity index (χ1n) is 6.71. The van der Waals surface area contributed by atoms with Gasteiger partial charge in [0.2, 0.25) is 0 Å². The van der Waals surface area contributed by atoms with E-state index in [1.807, 2.05) is 49.4 Å². The van der Waals surface area contributed by atoms with Crippen LogP contribution in [-0.2, 0) is 5.41 Å². The third kappa shape index (κ3) is 3.07. The number of hydrogen-bond donors (Lipinski definition) is 0. The predicted octanol–water partition coefficient (Wildman–Crippen LogP) is 4.82. The molecule has 0 radical (unpaired) electrons. The fraction of sp³-hybridized carbons (Fsp3) is 0.222. The van der Waals surface area contributed by atoms with Crippen LogP contribution in [0.4, 0.5) is 0 Å². The molecule has 0 aliphatic rings. The van der Waals surface area contributed by atoms with Crippen LogP contribution in [0.2, 0.25) is 5.02 Å². The standard InChI is InChI=1S/C18H15ClN2/c1-18(13-21,15-8-5-9-16(19)12-15)17(10-11-20)14-6-3-2-4-7-14/h2-9,12,17H,10H2,1H3. The highest BCUT2D eigenvalue weighted by Gasteiger charge is 2.37. The van der Waals surface area contributed by atoms with Crippen LogP contribution in [0, 0.1) is 22.7 Å². The lowest BCUT2D eigenvalue weighted by Gasteiger charge is -2.31. The van der Waals surface area contributed by atoms with Crippen molar-refractivity contribution in [1.82, 2.24) is 0 Å². The molecule has 2 nitrogen and oxygen atoms in total. The van der Waals surface area contributed by atoms with Crippen molar-refractivity contribution in [1.29, 1.82) is 10.5 Å². The second-order valence-electron chi connectivity index (χ2n) is 5.15. The molecule has 2 rings (SSSR count). The molecule has 0 amide bonds. The van der Waals surface area contributed by atoms with Crippen LogP contribution in [0.5, 0.6) is 0 Å². The highest BCUT2D eigenvalue weighted by Crippen LogP contribution is 2.41. The maximum absolute atomic E-state index is 9.79. The van der Waals surface area contributed by atoms with E-state index in [1.165, 1.54) is 0 Å². The Morgan fingerprint density at radius 2 is 1.81 bits per heavy atom. The lowest BCUT2D eigenvalue weighted by molar-refractivity contribution is 0.478. The Morgan fingerprint density at radius 1 is 1.10 bits per heavy atom. The first-order valence-corrected chi connectivity index (χ1v) is 7.09. The smallest absolute Gasteiger partial charge is 0.0872 e. The van der Waals surface area contributed by atoms with Gasteiger partial charge in [-0.3, -0.25) is 0 Å². The molecule has 2 aromatic carbocycles. The van der Waals surface area contributed by atoms with Crippen LogP contribution in [0.1, 0.15) is 30.4 Å². The van der Waals surface area contributed by atoms with Gasteiger partial charge in [-0.2, -0.15) is 10.5 Å². The maximum atomic E-state index is 9.79. The maximum Gasteiger partial charge on any atom is 0.0872 e. The highest BCUT2D eigenvalue weighted by atomic mass is 35.5. The van der Waals surface area contributed by atoms with E-state index in [2.05, 4.69) is 12.1 Å². The number of halogens is 1. The average molecular weight is 295 g/mol. The van der Waals surface area contributed by atoms with Crippen molar-refractivity contribution in [2.45, 2.75) is 24.7 Å². The van der Waals surface area contributed by atoms with E-state index in [9.17, 15) is 10.5 Å². The molecule has 21 heavy (non-hydrogen) atoms. The summed E-state index contributed by atoms with van der Waals surface area (Å²) < 4.78 is 0. The van der Waals surface area contributed by atoms with Gasteiger partial charge in [-0.15, -0.1) is 0 Å². The molecule has 0 N–H and O–H groups in total. The average Bonchev–Trinajstić information content (AvgIpc) is 2.53. The molecule has 3 heteroatoms. The Labute approximate surface area is 130 Å². The quantitative estimate of drug-likeness (QED) is 0.811. The fourth-order valence-electron chi connectivity index (χ4n) is 2.59. The van der Waals surface area contributed by atoms with Crippen molar-refractivity contribution in [3.63, 3.8) is 0 Å². The normalized spacial score (nSPS) is 14.5. The van der Waals surface area contributed by atoms with Crippen LogP contribution in [0.15, 0.2) is 54.6 Å². The van der Waals surface area contributed by atoms with E-state index in [4.69, 9.17) is 11.6 Å². The zero-order valence-electron chi connectivity index (χ0n) is 11.8. The van der Waals surface area contributed by atoms with Gasteiger partial charge in [0.05, 0.1) is 17.6 Å². The van der Waals surface area contributed by atoms with Gasteiger partial charge in [0, 0.05) is 17.4 Å². The summed E-state index contributed by atoms with van der Waals surface area (Å²) in [6.45, 7) is 1.87. The zero-order valence-corrected chi connectivity index (χ0v) is 12.5. The number of rotatable bonds is 4. The van der Waals surface area contributed by atoms with E-state index in [-0.39, 0.29) is 12.3 Å². The molecule has 0 spiro atoms. The molecule has 2 atom stereocenters. The summed E-state index contributed by atoms with van der Waals surface area (Å²) in [5, 5.41) is 19.6. The molecule has 0 bridgehead atoms. The topological polar surface area (TPSA) is 47.6 Å². The van der Waals surface area contributed by atoms with E-state index in [1.54, 1.807) is 12.1 Å². The summed E-state index contributed by atoms with van der Waals surface area (Å²) in [5.41, 5.74) is 1.02. The van der Waals surface area contributed by atoms with Gasteiger partial charge >= 0.3 is 0 Å². The largest absolute Gasteiger partial charge is 0.198 e. The van der Waals surface area contributed by atoms with Gasteiger partial charge in [0.25, 0.3) is 0 Å². The van der Waals surface area contributed by atoms with E-state index >= 15 is 0 Å². The van der Waals surface area contributed by atoms with E-state index in [0.717, 1.165) is 11.1 Å². The molecule has 2 aromatic rings. The second-order valence-corrected chi connectivity index (χ2v) is 5.59. The molecular weight excluding hydrogens is 280 g/mol. The zero-order chi connectivity index (χ0) is 15.3. The molecule has 2 unspecified atom stereocenters. The van der Waals surface area contributed by atoms with Gasteiger partial charge in [0.15, 0.2) is 0 Å². The number of nitrogens with zero attached hydrogens (tertiary/aromatic N) is 2. The Bertz CT molecular complexity index is 697. The minimum absolute atomic E-state index is 0.202. The van der Waals surface area contributed by atoms with Gasteiger partial charge in [-0.25, -0.2) is 0 Å². The van der Waals surface area contributed by atoms with Crippen LogP contribution in [-0.4, -0.2) is 0 Å². The second kappa shape index (κ2) is 6.44. The van der Waals surface area contributed by atoms with Gasteiger partial charge < -0.3 is 0 Å². The SMILES string of the molecule is CC(C#N)(c1cccc(Cl)c1)C(CC#N)c1ccccc1. The van der Waals surface area contributed by atoms with E-state index < -0.39 is 5.41 Å². The summed E-state index contributed by atoms with van der Waals surface area (Å²) in [4.78, 5) is 0. The van der Waals surface area contributed by atoms with Crippen LogP contribution in [0.3, 0.4) is 0 Å². The van der Waals surface area contributed by atoms with Crippen LogP contribution in [0.25, 0.3) is 0 Å². The summed E-state index contributed by atoms with van der Waals surface area (Å²) in [5.74, 6) is -0.202. The molecule has 0 fully saturated rings. The molecule has 0 aromatic heterocycles. The lowest BCUT2D eigenvalue weighted by atomic mass is 9.69. The third-order valence-electron chi connectivity index (χ3n) is 3.85. The van der Waals surface area contributed by atoms with Crippen molar-refractivity contribution >= 4 is 11.6 Å². The molecule has 0 aliphatic carbocycles. The number of benzene rings is 2. The van der Waals surface area contributed by atoms with Gasteiger partial charge in [0.1, 0.15) is 0 Å². The molecule has 0 aliphatic heterocycles. The first kappa shape index (κ1) is 15.1. The number of nitriles is 2. The summed E-state index contributed by atoms with van der Waals surface area (Å²) in [6.07, 6.45) is 0.278. The molecule has 104 valence electrons. The summed E-state index contributed by atoms with van der Waals surface area (Å²) in [6, 6.07) is 21.6. The van der Waals surface area contributed by atoms with Crippen LogP contribution < -0.4 is 0 Å². The third-order valence-corrected chi connectivity index (χ3v) is 4.09. The van der Waals surface area contributed by atoms with Crippen molar-refractivity contribution in [3.05, 3.63) is 70.7 Å². The summed E-state index contributed by atoms with van der Waals surface area (Å²) >= 11 is 6.06. The Morgan fingerprint density at radius 3 is 2.38 bits per heavy atom. The molecule has 0 saturated carbocycles. The minimum Gasteiger partial charge on any atom is -0.198 e. The van der Waals surface area contributed by atoms with Crippen molar-refractivity contribution in [2.75, 3.05) is 0 Å². The van der Waals surface area contributed by atoms with Crippen molar-refractivity contribution < 1.29 is 0 Å². The Kier molecular flexibility index (Phi) is 4.63. The lowest BCUT2D eigenvalue weighted by Crippen LogP contribution is -2.28. The predicted molar refractivity (Wildman–Crippen MR) is 83.8 cm³/mol. The molecule has 0 heterocycles. The van der Waals surface area contributed by atoms with Crippen molar-refractivity contribution in [2.24, 2.45) is 0 Å². The Balaban J connectivity index is 2.55. The molecule has 0 saturated heterocycles. The monoisotopic (exact) mass is 294 g/mol. The fourth-order valence-corrected chi connectivity index (χ4v) is 2.78. The van der Waals surface area contributed by atoms with Crippen molar-refractivity contribution in [3.8, 4) is 12.1 Å².